The van der Waals surface area contributed by atoms with E-state index in [1.807, 2.05) is 60.7 Å². The topological polar surface area (TPSA) is 126 Å². The Kier molecular flexibility index (Phi) is 6.61. The van der Waals surface area contributed by atoms with Crippen molar-refractivity contribution in [2.45, 2.75) is 25.7 Å². The minimum atomic E-state index is -0.392. The summed E-state index contributed by atoms with van der Waals surface area (Å²) in [4.78, 5) is 24.0. The molecule has 2 heterocycles. The Bertz CT molecular complexity index is 1210. The summed E-state index contributed by atoms with van der Waals surface area (Å²) >= 11 is 0. The SMILES string of the molecule is O=c1[nH]nc(Cc2ccccc2)n1/N=C\CC/C=N/n1c(Cc2ccccc2)n[nH]c1=O. The number of unbranched alkanes of at least 4 members (excludes halogenated alkanes) is 1. The second-order valence-corrected chi connectivity index (χ2v) is 7.01. The van der Waals surface area contributed by atoms with E-state index in [0.717, 1.165) is 11.1 Å². The molecule has 0 saturated carbocycles. The van der Waals surface area contributed by atoms with Crippen molar-refractivity contribution >= 4 is 12.4 Å². The summed E-state index contributed by atoms with van der Waals surface area (Å²) in [5.41, 5.74) is 1.28. The van der Waals surface area contributed by atoms with Gasteiger partial charge in [0.05, 0.1) is 0 Å². The monoisotopic (exact) mass is 430 g/mol. The molecule has 0 fully saturated rings. The van der Waals surface area contributed by atoms with E-state index in [2.05, 4.69) is 30.6 Å². The summed E-state index contributed by atoms with van der Waals surface area (Å²) < 4.78 is 2.51. The van der Waals surface area contributed by atoms with Crippen molar-refractivity contribution in [1.29, 1.82) is 0 Å². The molecule has 2 N–H and O–H groups in total. The molecule has 4 rings (SSSR count). The lowest BCUT2D eigenvalue weighted by Gasteiger charge is -2.00. The Morgan fingerprint density at radius 2 is 1.09 bits per heavy atom. The van der Waals surface area contributed by atoms with Crippen LogP contribution in [0.3, 0.4) is 0 Å². The summed E-state index contributed by atoms with van der Waals surface area (Å²) in [6, 6.07) is 19.5. The van der Waals surface area contributed by atoms with E-state index in [1.165, 1.54) is 9.35 Å². The van der Waals surface area contributed by atoms with Crippen LogP contribution >= 0.6 is 0 Å². The third-order valence-corrected chi connectivity index (χ3v) is 4.66. The minimum absolute atomic E-state index is 0.392. The molecule has 0 spiro atoms. The Balaban J connectivity index is 1.35. The van der Waals surface area contributed by atoms with E-state index in [1.54, 1.807) is 12.4 Å². The highest BCUT2D eigenvalue weighted by Gasteiger charge is 2.08. The van der Waals surface area contributed by atoms with Crippen molar-refractivity contribution in [3.63, 3.8) is 0 Å². The maximum atomic E-state index is 12.0. The molecular formula is C22H22N8O2. The fourth-order valence-electron chi connectivity index (χ4n) is 3.10. The molecule has 10 nitrogen and oxygen atoms in total. The van der Waals surface area contributed by atoms with Gasteiger partial charge in [0, 0.05) is 25.3 Å². The van der Waals surface area contributed by atoms with Crippen molar-refractivity contribution in [1.82, 2.24) is 29.7 Å². The smallest absolute Gasteiger partial charge is 0.244 e. The van der Waals surface area contributed by atoms with Crippen LogP contribution in [0.4, 0.5) is 0 Å². The summed E-state index contributed by atoms with van der Waals surface area (Å²) in [6.07, 6.45) is 5.30. The molecule has 162 valence electrons. The van der Waals surface area contributed by atoms with E-state index in [0.29, 0.717) is 37.3 Å². The highest BCUT2D eigenvalue weighted by Crippen LogP contribution is 2.06. The second-order valence-electron chi connectivity index (χ2n) is 7.01. The molecular weight excluding hydrogens is 408 g/mol. The average Bonchev–Trinajstić information content (AvgIpc) is 3.34. The van der Waals surface area contributed by atoms with Crippen LogP contribution in [0.5, 0.6) is 0 Å². The maximum Gasteiger partial charge on any atom is 0.364 e. The van der Waals surface area contributed by atoms with Gasteiger partial charge in [-0.1, -0.05) is 60.7 Å². The van der Waals surface area contributed by atoms with Crippen LogP contribution in [-0.4, -0.2) is 42.2 Å². The molecule has 0 saturated heterocycles. The first-order valence-corrected chi connectivity index (χ1v) is 10.2. The molecule has 0 unspecified atom stereocenters. The number of hydrogen-bond donors (Lipinski definition) is 2. The fraction of sp³-hybridized carbons (Fsp3) is 0.182. The largest absolute Gasteiger partial charge is 0.364 e. The molecule has 10 heteroatoms. The van der Waals surface area contributed by atoms with Crippen LogP contribution < -0.4 is 11.4 Å². The zero-order valence-corrected chi connectivity index (χ0v) is 17.3. The van der Waals surface area contributed by atoms with Crippen LogP contribution in [0.1, 0.15) is 35.6 Å². The van der Waals surface area contributed by atoms with Gasteiger partial charge in [-0.2, -0.15) is 29.8 Å². The number of rotatable bonds is 9. The van der Waals surface area contributed by atoms with Crippen LogP contribution in [0.2, 0.25) is 0 Å². The van der Waals surface area contributed by atoms with Crippen LogP contribution in [0, 0.1) is 0 Å². The predicted molar refractivity (Wildman–Crippen MR) is 121 cm³/mol. The van der Waals surface area contributed by atoms with Gasteiger partial charge in [0.1, 0.15) is 0 Å². The third kappa shape index (κ3) is 5.22. The van der Waals surface area contributed by atoms with Gasteiger partial charge in [-0.25, -0.2) is 19.8 Å². The lowest BCUT2D eigenvalue weighted by molar-refractivity contribution is 0.767. The van der Waals surface area contributed by atoms with Crippen molar-refractivity contribution in [3.05, 3.63) is 104 Å². The number of nitrogens with one attached hydrogen (secondary N) is 2. The van der Waals surface area contributed by atoms with Crippen LogP contribution in [0.25, 0.3) is 0 Å². The molecule has 0 amide bonds. The van der Waals surface area contributed by atoms with Crippen molar-refractivity contribution in [3.8, 4) is 0 Å². The summed E-state index contributed by atoms with van der Waals surface area (Å²) in [6.45, 7) is 0. The fourth-order valence-corrected chi connectivity index (χ4v) is 3.10. The number of aromatic nitrogens is 6. The van der Waals surface area contributed by atoms with Gasteiger partial charge >= 0.3 is 11.4 Å². The van der Waals surface area contributed by atoms with Crippen molar-refractivity contribution in [2.24, 2.45) is 10.2 Å². The van der Waals surface area contributed by atoms with E-state index in [4.69, 9.17) is 0 Å². The Morgan fingerprint density at radius 3 is 1.50 bits per heavy atom. The first-order chi connectivity index (χ1) is 15.7. The van der Waals surface area contributed by atoms with Gasteiger partial charge in [-0.05, 0) is 24.0 Å². The lowest BCUT2D eigenvalue weighted by Crippen LogP contribution is -2.15. The lowest BCUT2D eigenvalue weighted by atomic mass is 10.1. The molecule has 32 heavy (non-hydrogen) atoms. The van der Waals surface area contributed by atoms with Crippen molar-refractivity contribution in [2.75, 3.05) is 0 Å². The zero-order valence-electron chi connectivity index (χ0n) is 17.3. The molecule has 4 aromatic rings. The molecule has 0 aliphatic heterocycles. The van der Waals surface area contributed by atoms with Gasteiger partial charge in [0.15, 0.2) is 11.6 Å². The number of aromatic amines is 2. The molecule has 0 bridgehead atoms. The van der Waals surface area contributed by atoms with E-state index in [9.17, 15) is 9.59 Å². The Morgan fingerprint density at radius 1 is 0.688 bits per heavy atom. The zero-order chi connectivity index (χ0) is 22.2. The first kappa shape index (κ1) is 20.9. The van der Waals surface area contributed by atoms with Crippen LogP contribution in [-0.2, 0) is 12.8 Å². The van der Waals surface area contributed by atoms with Crippen molar-refractivity contribution < 1.29 is 0 Å². The van der Waals surface area contributed by atoms with Gasteiger partial charge in [-0.3, -0.25) is 0 Å². The molecule has 2 aromatic heterocycles. The number of benzene rings is 2. The second kappa shape index (κ2) is 10.1. The molecule has 0 radical (unpaired) electrons. The summed E-state index contributed by atoms with van der Waals surface area (Å²) in [7, 11) is 0. The highest BCUT2D eigenvalue weighted by atomic mass is 16.2. The Labute approximate surface area is 183 Å². The minimum Gasteiger partial charge on any atom is -0.244 e. The molecule has 0 aliphatic rings. The molecule has 0 aliphatic carbocycles. The molecule has 2 aromatic carbocycles. The van der Waals surface area contributed by atoms with Gasteiger partial charge < -0.3 is 0 Å². The standard InChI is InChI=1S/C22H22N8O2/c31-21-27-25-19(15-17-9-3-1-4-10-17)29(21)23-13-7-8-14-24-30-20(26-28-22(30)32)16-18-11-5-2-6-12-18/h1-6,9-14H,7-8,15-16H2,(H,27,31)(H,28,32)/b23-13-,24-14+. The Hall–Kier alpha value is -4.34. The average molecular weight is 430 g/mol. The van der Waals surface area contributed by atoms with E-state index < -0.39 is 11.4 Å². The number of H-pyrrole nitrogens is 2. The summed E-state index contributed by atoms with van der Waals surface area (Å²) in [5, 5.41) is 21.4. The summed E-state index contributed by atoms with van der Waals surface area (Å²) in [5.74, 6) is 1.06. The highest BCUT2D eigenvalue weighted by molar-refractivity contribution is 5.65. The van der Waals surface area contributed by atoms with Crippen LogP contribution in [0.15, 0.2) is 80.5 Å². The van der Waals surface area contributed by atoms with Gasteiger partial charge in [0.2, 0.25) is 0 Å². The first-order valence-electron chi connectivity index (χ1n) is 10.2. The predicted octanol–water partition coefficient (Wildman–Crippen LogP) is 1.79. The van der Waals surface area contributed by atoms with Gasteiger partial charge in [0.25, 0.3) is 0 Å². The molecule has 0 atom stereocenters. The van der Waals surface area contributed by atoms with E-state index >= 15 is 0 Å². The normalized spacial score (nSPS) is 11.6. The quantitative estimate of drug-likeness (QED) is 0.310. The van der Waals surface area contributed by atoms with E-state index in [-0.39, 0.29) is 0 Å². The third-order valence-electron chi connectivity index (χ3n) is 4.66. The maximum absolute atomic E-state index is 12.0. The van der Waals surface area contributed by atoms with Gasteiger partial charge in [-0.15, -0.1) is 0 Å². The number of nitrogens with zero attached hydrogens (tertiary/aromatic N) is 6. The number of hydrogen-bond acceptors (Lipinski definition) is 6.